The minimum absolute atomic E-state index is 0.662. The van der Waals surface area contributed by atoms with Crippen LogP contribution in [-0.2, 0) is 0 Å². The number of nitrogens with one attached hydrogen (secondary N) is 1. The Morgan fingerprint density at radius 2 is 1.35 bits per heavy atom. The van der Waals surface area contributed by atoms with Crippen LogP contribution in [0, 0.1) is 29.1 Å². The van der Waals surface area contributed by atoms with E-state index >= 15 is 0 Å². The van der Waals surface area contributed by atoms with Crippen LogP contribution in [0.5, 0.6) is 0 Å². The van der Waals surface area contributed by atoms with Crippen molar-refractivity contribution in [1.82, 2.24) is 5.32 Å². The van der Waals surface area contributed by atoms with Gasteiger partial charge in [-0.2, -0.15) is 0 Å². The molecule has 0 heterocycles. The van der Waals surface area contributed by atoms with Crippen molar-refractivity contribution in [2.24, 2.45) is 29.1 Å². The molecule has 4 rings (SSSR count). The Hall–Kier alpha value is -0.0400. The molecule has 4 saturated carbocycles. The van der Waals surface area contributed by atoms with E-state index in [1.165, 1.54) is 32.1 Å². The van der Waals surface area contributed by atoms with Gasteiger partial charge in [0.15, 0.2) is 0 Å². The van der Waals surface area contributed by atoms with E-state index in [2.05, 4.69) is 33.0 Å². The lowest BCUT2D eigenvalue weighted by atomic mass is 9.48. The van der Waals surface area contributed by atoms with Crippen LogP contribution in [0.3, 0.4) is 0 Å². The molecule has 4 fully saturated rings. The third-order valence-electron chi connectivity index (χ3n) is 7.27. The van der Waals surface area contributed by atoms with E-state index in [0.29, 0.717) is 11.5 Å². The molecule has 1 heteroatoms. The first-order chi connectivity index (χ1) is 9.56. The molecule has 4 bridgehead atoms. The highest BCUT2D eigenvalue weighted by atomic mass is 15.0. The van der Waals surface area contributed by atoms with E-state index in [0.717, 1.165) is 29.7 Å². The van der Waals surface area contributed by atoms with E-state index in [4.69, 9.17) is 0 Å². The minimum atomic E-state index is 0.662. The molecule has 4 aliphatic carbocycles. The van der Waals surface area contributed by atoms with Crippen LogP contribution in [-0.4, -0.2) is 12.1 Å². The Balaban J connectivity index is 1.66. The van der Waals surface area contributed by atoms with Crippen LogP contribution in [0.2, 0.25) is 0 Å². The minimum Gasteiger partial charge on any atom is -0.311 e. The van der Waals surface area contributed by atoms with Crippen LogP contribution < -0.4 is 5.32 Å². The summed E-state index contributed by atoms with van der Waals surface area (Å²) in [5, 5.41) is 4.04. The summed E-state index contributed by atoms with van der Waals surface area (Å²) in [6.45, 7) is 9.63. The molecule has 0 spiro atoms. The molecule has 2 unspecified atom stereocenters. The van der Waals surface area contributed by atoms with Gasteiger partial charge in [0.25, 0.3) is 0 Å². The fraction of sp³-hybridized carbons (Fsp3) is 1.00. The lowest BCUT2D eigenvalue weighted by Crippen LogP contribution is -2.56. The maximum Gasteiger partial charge on any atom is 0.00980 e. The summed E-state index contributed by atoms with van der Waals surface area (Å²) in [6.07, 6.45) is 11.9. The Labute approximate surface area is 126 Å². The Morgan fingerprint density at radius 3 is 1.75 bits per heavy atom. The largest absolute Gasteiger partial charge is 0.311 e. The van der Waals surface area contributed by atoms with Gasteiger partial charge in [-0.1, -0.05) is 26.7 Å². The molecule has 0 radical (unpaired) electrons. The van der Waals surface area contributed by atoms with Gasteiger partial charge in [0.2, 0.25) is 0 Å². The zero-order valence-electron chi connectivity index (χ0n) is 14.1. The van der Waals surface area contributed by atoms with E-state index in [-0.39, 0.29) is 0 Å². The normalized spacial score (nSPS) is 42.1. The van der Waals surface area contributed by atoms with E-state index < -0.39 is 0 Å². The smallest absolute Gasteiger partial charge is 0.00980 e. The second kappa shape index (κ2) is 5.63. The summed E-state index contributed by atoms with van der Waals surface area (Å²) in [5.41, 5.74) is 0.662. The molecule has 0 amide bonds. The van der Waals surface area contributed by atoms with Gasteiger partial charge in [-0.05, 0) is 81.5 Å². The number of hydrogen-bond donors (Lipinski definition) is 1. The molecule has 0 aromatic carbocycles. The fourth-order valence-electron chi connectivity index (χ4n) is 6.41. The summed E-state index contributed by atoms with van der Waals surface area (Å²) in [6, 6.07) is 1.42. The van der Waals surface area contributed by atoms with Crippen LogP contribution in [0.1, 0.15) is 79.1 Å². The topological polar surface area (TPSA) is 12.0 Å². The van der Waals surface area contributed by atoms with Crippen molar-refractivity contribution in [3.8, 4) is 0 Å². The van der Waals surface area contributed by atoms with E-state index in [1.54, 1.807) is 19.3 Å². The molecule has 116 valence electrons. The van der Waals surface area contributed by atoms with Gasteiger partial charge in [0.05, 0.1) is 0 Å². The van der Waals surface area contributed by atoms with Crippen molar-refractivity contribution in [1.29, 1.82) is 0 Å². The molecule has 0 aromatic rings. The molecular formula is C19H35N. The summed E-state index contributed by atoms with van der Waals surface area (Å²) in [7, 11) is 0. The first-order valence-corrected chi connectivity index (χ1v) is 9.32. The zero-order chi connectivity index (χ0) is 14.3. The Morgan fingerprint density at radius 1 is 0.900 bits per heavy atom. The molecule has 4 aliphatic rings. The van der Waals surface area contributed by atoms with Crippen LogP contribution in [0.4, 0.5) is 0 Å². The molecule has 0 saturated heterocycles. The van der Waals surface area contributed by atoms with E-state index in [9.17, 15) is 0 Å². The van der Waals surface area contributed by atoms with Gasteiger partial charge < -0.3 is 5.32 Å². The zero-order valence-corrected chi connectivity index (χ0v) is 14.1. The quantitative estimate of drug-likeness (QED) is 0.720. The predicted octanol–water partition coefficient (Wildman–Crippen LogP) is 5.01. The highest BCUT2D eigenvalue weighted by Gasteiger charge is 2.53. The van der Waals surface area contributed by atoms with Crippen molar-refractivity contribution in [3.05, 3.63) is 0 Å². The second-order valence-corrected chi connectivity index (χ2v) is 8.53. The van der Waals surface area contributed by atoms with Gasteiger partial charge in [-0.3, -0.25) is 0 Å². The van der Waals surface area contributed by atoms with Crippen LogP contribution in [0.25, 0.3) is 0 Å². The van der Waals surface area contributed by atoms with Crippen molar-refractivity contribution < 1.29 is 0 Å². The predicted molar refractivity (Wildman–Crippen MR) is 86.7 cm³/mol. The third-order valence-corrected chi connectivity index (χ3v) is 7.27. The van der Waals surface area contributed by atoms with Gasteiger partial charge in [-0.15, -0.1) is 0 Å². The summed E-state index contributed by atoms with van der Waals surface area (Å²) >= 11 is 0. The second-order valence-electron chi connectivity index (χ2n) is 8.53. The average Bonchev–Trinajstić information content (AvgIpc) is 2.38. The average molecular weight is 277 g/mol. The van der Waals surface area contributed by atoms with Gasteiger partial charge in [-0.25, -0.2) is 0 Å². The van der Waals surface area contributed by atoms with E-state index in [1.807, 2.05) is 0 Å². The summed E-state index contributed by atoms with van der Waals surface area (Å²) in [5.74, 6) is 4.09. The summed E-state index contributed by atoms with van der Waals surface area (Å²) < 4.78 is 0. The number of rotatable bonds is 6. The van der Waals surface area contributed by atoms with Gasteiger partial charge in [0, 0.05) is 12.1 Å². The van der Waals surface area contributed by atoms with Crippen molar-refractivity contribution in [3.63, 3.8) is 0 Å². The van der Waals surface area contributed by atoms with Crippen molar-refractivity contribution in [2.75, 3.05) is 0 Å². The first-order valence-electron chi connectivity index (χ1n) is 9.32. The fourth-order valence-corrected chi connectivity index (χ4v) is 6.41. The van der Waals surface area contributed by atoms with Crippen LogP contribution in [0.15, 0.2) is 0 Å². The highest BCUT2D eigenvalue weighted by Crippen LogP contribution is 2.61. The number of hydrogen-bond acceptors (Lipinski definition) is 1. The van der Waals surface area contributed by atoms with Gasteiger partial charge >= 0.3 is 0 Å². The molecule has 2 atom stereocenters. The lowest BCUT2D eigenvalue weighted by molar-refractivity contribution is -0.0728. The molecular weight excluding hydrogens is 242 g/mol. The Kier molecular flexibility index (Phi) is 4.19. The third kappa shape index (κ3) is 2.56. The molecule has 20 heavy (non-hydrogen) atoms. The van der Waals surface area contributed by atoms with Crippen molar-refractivity contribution in [2.45, 2.75) is 91.1 Å². The van der Waals surface area contributed by atoms with Crippen molar-refractivity contribution >= 4 is 0 Å². The van der Waals surface area contributed by atoms with Crippen LogP contribution >= 0.6 is 0 Å². The standard InChI is InChI=1S/C19H35N/c1-5-18(6-2)13(3)20-14(4)19-10-15-7-16(11-19)9-17(8-15)12-19/h13-18,20H,5-12H2,1-4H3. The molecule has 0 aromatic heterocycles. The maximum absolute atomic E-state index is 4.04. The van der Waals surface area contributed by atoms with Gasteiger partial charge in [0.1, 0.15) is 0 Å². The first kappa shape index (κ1) is 14.9. The SMILES string of the molecule is CCC(CC)C(C)NC(C)C12CC3CC(CC(C3)C1)C2. The summed E-state index contributed by atoms with van der Waals surface area (Å²) in [4.78, 5) is 0. The molecule has 0 aliphatic heterocycles. The highest BCUT2D eigenvalue weighted by molar-refractivity contribution is 5.05. The molecule has 1 nitrogen and oxygen atoms in total. The maximum atomic E-state index is 4.04. The Bertz CT molecular complexity index is 295. The lowest BCUT2D eigenvalue weighted by Gasteiger charge is -2.59. The monoisotopic (exact) mass is 277 g/mol. The molecule has 1 N–H and O–H groups in total.